The minimum absolute atomic E-state index is 0.0719. The molecule has 28 heavy (non-hydrogen) atoms. The average molecular weight is 395 g/mol. The van der Waals surface area contributed by atoms with Gasteiger partial charge in [-0.25, -0.2) is 9.97 Å². The summed E-state index contributed by atoms with van der Waals surface area (Å²) in [5, 5.41) is 11.4. The number of nitro benzene ring substituents is 1. The molecule has 0 saturated heterocycles. The quantitative estimate of drug-likeness (QED) is 0.381. The van der Waals surface area contributed by atoms with Gasteiger partial charge in [0.2, 0.25) is 0 Å². The number of aromatic nitrogens is 2. The molecule has 0 spiro atoms. The Labute approximate surface area is 165 Å². The molecule has 2 aromatic carbocycles. The second-order valence-electron chi connectivity index (χ2n) is 6.38. The Balaban J connectivity index is 1.79. The van der Waals surface area contributed by atoms with Crippen LogP contribution in [0, 0.1) is 10.1 Å². The van der Waals surface area contributed by atoms with Crippen molar-refractivity contribution >= 4 is 46.0 Å². The summed E-state index contributed by atoms with van der Waals surface area (Å²) in [5.74, 6) is 0.761. The number of amides is 1. The number of likely N-dealkylation sites (N-methyl/N-ethyl adjacent to an activating group) is 1. The maximum absolute atomic E-state index is 13.2. The van der Waals surface area contributed by atoms with Gasteiger partial charge in [-0.1, -0.05) is 12.1 Å². The molecule has 0 saturated carbocycles. The number of anilines is 2. The number of hydrogen-bond acceptors (Lipinski definition) is 7. The van der Waals surface area contributed by atoms with E-state index in [1.807, 2.05) is 36.2 Å². The van der Waals surface area contributed by atoms with Crippen molar-refractivity contribution in [1.82, 2.24) is 9.97 Å². The Morgan fingerprint density at radius 3 is 2.43 bits per heavy atom. The van der Waals surface area contributed by atoms with Crippen LogP contribution >= 0.6 is 11.8 Å². The molecule has 0 unspecified atom stereocenters. The summed E-state index contributed by atoms with van der Waals surface area (Å²) in [5.41, 5.74) is 1.63. The van der Waals surface area contributed by atoms with Crippen LogP contribution in [0.15, 0.2) is 47.4 Å². The molecule has 1 aliphatic rings. The molecule has 4 rings (SSSR count). The number of rotatable bonds is 3. The minimum Gasteiger partial charge on any atom is -0.355 e. The van der Waals surface area contributed by atoms with Crippen LogP contribution in [0.1, 0.15) is 10.4 Å². The lowest BCUT2D eigenvalue weighted by atomic mass is 10.1. The molecule has 1 aromatic heterocycles. The van der Waals surface area contributed by atoms with E-state index in [-0.39, 0.29) is 17.2 Å². The van der Waals surface area contributed by atoms with E-state index in [2.05, 4.69) is 9.97 Å². The SMILES string of the molecule is CSc1ccc(C(=O)N2CCN(C)c3nc4ccccc4nc32)cc1[N+](=O)[O-]. The number of nitro groups is 1. The van der Waals surface area contributed by atoms with Gasteiger partial charge in [-0.15, -0.1) is 11.8 Å². The molecule has 0 fully saturated rings. The van der Waals surface area contributed by atoms with E-state index in [0.717, 1.165) is 5.52 Å². The van der Waals surface area contributed by atoms with Crippen LogP contribution in [-0.2, 0) is 0 Å². The van der Waals surface area contributed by atoms with Gasteiger partial charge in [0.05, 0.1) is 20.9 Å². The van der Waals surface area contributed by atoms with E-state index >= 15 is 0 Å². The Bertz CT molecular complexity index is 1100. The van der Waals surface area contributed by atoms with Gasteiger partial charge in [-0.05, 0) is 30.5 Å². The van der Waals surface area contributed by atoms with Gasteiger partial charge in [0.25, 0.3) is 11.6 Å². The molecule has 1 aliphatic heterocycles. The molecular weight excluding hydrogens is 378 g/mol. The normalized spacial score (nSPS) is 13.5. The molecule has 0 aliphatic carbocycles. The zero-order valence-corrected chi connectivity index (χ0v) is 16.1. The summed E-state index contributed by atoms with van der Waals surface area (Å²) < 4.78 is 0. The lowest BCUT2D eigenvalue weighted by Gasteiger charge is -2.33. The molecule has 2 heterocycles. The number of para-hydroxylation sites is 2. The van der Waals surface area contributed by atoms with Crippen LogP contribution in [0.4, 0.5) is 17.3 Å². The van der Waals surface area contributed by atoms with Crippen molar-refractivity contribution in [1.29, 1.82) is 0 Å². The zero-order chi connectivity index (χ0) is 19.8. The minimum atomic E-state index is -0.464. The number of fused-ring (bicyclic) bond motifs is 2. The summed E-state index contributed by atoms with van der Waals surface area (Å²) in [6.45, 7) is 1.02. The van der Waals surface area contributed by atoms with E-state index in [9.17, 15) is 14.9 Å². The maximum Gasteiger partial charge on any atom is 0.283 e. The van der Waals surface area contributed by atoms with Crippen molar-refractivity contribution in [2.24, 2.45) is 0 Å². The van der Waals surface area contributed by atoms with E-state index < -0.39 is 4.92 Å². The number of thioether (sulfide) groups is 1. The van der Waals surface area contributed by atoms with Crippen LogP contribution in [0.5, 0.6) is 0 Å². The Morgan fingerprint density at radius 1 is 1.11 bits per heavy atom. The van der Waals surface area contributed by atoms with Gasteiger partial charge in [0.1, 0.15) is 0 Å². The highest BCUT2D eigenvalue weighted by Gasteiger charge is 2.30. The molecule has 0 atom stereocenters. The van der Waals surface area contributed by atoms with Crippen LogP contribution < -0.4 is 9.80 Å². The van der Waals surface area contributed by atoms with Crippen LogP contribution in [0.3, 0.4) is 0 Å². The van der Waals surface area contributed by atoms with Crippen LogP contribution in [0.2, 0.25) is 0 Å². The van der Waals surface area contributed by atoms with E-state index in [1.54, 1.807) is 23.3 Å². The highest BCUT2D eigenvalue weighted by atomic mass is 32.2. The predicted molar refractivity (Wildman–Crippen MR) is 109 cm³/mol. The lowest BCUT2D eigenvalue weighted by Crippen LogP contribution is -2.43. The van der Waals surface area contributed by atoms with E-state index in [0.29, 0.717) is 35.1 Å². The summed E-state index contributed by atoms with van der Waals surface area (Å²) >= 11 is 1.27. The van der Waals surface area contributed by atoms with Crippen molar-refractivity contribution in [3.63, 3.8) is 0 Å². The molecule has 0 radical (unpaired) electrons. The lowest BCUT2D eigenvalue weighted by molar-refractivity contribution is -0.387. The van der Waals surface area contributed by atoms with Crippen molar-refractivity contribution in [3.8, 4) is 0 Å². The number of carbonyl (C=O) groups is 1. The first kappa shape index (κ1) is 18.2. The Morgan fingerprint density at radius 2 is 1.79 bits per heavy atom. The molecule has 3 aromatic rings. The summed E-state index contributed by atoms with van der Waals surface area (Å²) in [7, 11) is 1.90. The number of benzene rings is 2. The zero-order valence-electron chi connectivity index (χ0n) is 15.3. The third kappa shape index (κ3) is 3.03. The van der Waals surface area contributed by atoms with Gasteiger partial charge in [0.15, 0.2) is 11.6 Å². The van der Waals surface area contributed by atoms with Gasteiger partial charge < -0.3 is 4.90 Å². The first-order chi connectivity index (χ1) is 13.5. The van der Waals surface area contributed by atoms with Gasteiger partial charge >= 0.3 is 0 Å². The van der Waals surface area contributed by atoms with Gasteiger partial charge in [-0.3, -0.25) is 19.8 Å². The second kappa shape index (κ2) is 7.08. The molecular formula is C19H17N5O3S. The van der Waals surface area contributed by atoms with Crippen molar-refractivity contribution in [2.75, 3.05) is 36.2 Å². The number of nitrogens with zero attached hydrogens (tertiary/aromatic N) is 5. The monoisotopic (exact) mass is 395 g/mol. The number of hydrogen-bond donors (Lipinski definition) is 0. The number of carbonyl (C=O) groups excluding carboxylic acids is 1. The third-order valence-corrected chi connectivity index (χ3v) is 5.46. The molecule has 142 valence electrons. The Kier molecular flexibility index (Phi) is 4.60. The molecule has 0 N–H and O–H groups in total. The highest BCUT2D eigenvalue weighted by molar-refractivity contribution is 7.98. The summed E-state index contributed by atoms with van der Waals surface area (Å²) in [4.78, 5) is 37.4. The van der Waals surface area contributed by atoms with E-state index in [4.69, 9.17) is 0 Å². The standard InChI is InChI=1S/C19H17N5O3S/c1-22-9-10-23(18-17(22)20-13-5-3-4-6-14(13)21-18)19(25)12-7-8-16(28-2)15(11-12)24(26)27/h3-8,11H,9-10H2,1-2H3. The maximum atomic E-state index is 13.2. The van der Waals surface area contributed by atoms with Crippen LogP contribution in [-0.4, -0.2) is 47.2 Å². The molecule has 1 amide bonds. The van der Waals surface area contributed by atoms with E-state index in [1.165, 1.54) is 17.8 Å². The molecule has 9 heteroatoms. The largest absolute Gasteiger partial charge is 0.355 e. The fourth-order valence-electron chi connectivity index (χ4n) is 3.20. The highest BCUT2D eigenvalue weighted by Crippen LogP contribution is 2.33. The second-order valence-corrected chi connectivity index (χ2v) is 7.23. The molecule has 8 nitrogen and oxygen atoms in total. The van der Waals surface area contributed by atoms with Gasteiger partial charge in [0, 0.05) is 31.8 Å². The topological polar surface area (TPSA) is 92.5 Å². The first-order valence-electron chi connectivity index (χ1n) is 8.62. The van der Waals surface area contributed by atoms with Gasteiger partial charge in [-0.2, -0.15) is 0 Å². The summed E-state index contributed by atoms with van der Waals surface area (Å²) in [6.07, 6.45) is 1.77. The van der Waals surface area contributed by atoms with Crippen molar-refractivity contribution in [2.45, 2.75) is 4.90 Å². The smallest absolute Gasteiger partial charge is 0.283 e. The van der Waals surface area contributed by atoms with Crippen molar-refractivity contribution < 1.29 is 9.72 Å². The fraction of sp³-hybridized carbons (Fsp3) is 0.211. The van der Waals surface area contributed by atoms with Crippen molar-refractivity contribution in [3.05, 3.63) is 58.1 Å². The molecule has 0 bridgehead atoms. The average Bonchev–Trinajstić information content (AvgIpc) is 2.72. The summed E-state index contributed by atoms with van der Waals surface area (Å²) in [6, 6.07) is 12.0. The third-order valence-electron chi connectivity index (χ3n) is 4.68. The Hall–Kier alpha value is -3.20. The van der Waals surface area contributed by atoms with Crippen LogP contribution in [0.25, 0.3) is 11.0 Å². The predicted octanol–water partition coefficient (Wildman–Crippen LogP) is 3.36. The first-order valence-corrected chi connectivity index (χ1v) is 9.84. The fourth-order valence-corrected chi connectivity index (χ4v) is 3.75.